The molecule has 2 heterocycles. The molecular formula is C21H21N5OS. The van der Waals surface area contributed by atoms with Gasteiger partial charge < -0.3 is 9.88 Å². The molecule has 2 aromatic carbocycles. The highest BCUT2D eigenvalue weighted by molar-refractivity contribution is 7.99. The molecule has 0 saturated carbocycles. The molecule has 0 aliphatic heterocycles. The van der Waals surface area contributed by atoms with Gasteiger partial charge in [0.25, 0.3) is 5.91 Å². The van der Waals surface area contributed by atoms with Crippen molar-refractivity contribution in [2.45, 2.75) is 12.1 Å². The zero-order chi connectivity index (χ0) is 19.5. The van der Waals surface area contributed by atoms with Gasteiger partial charge in [-0.3, -0.25) is 9.36 Å². The first-order valence-corrected chi connectivity index (χ1v) is 10.0. The first kappa shape index (κ1) is 18.3. The van der Waals surface area contributed by atoms with E-state index in [1.54, 1.807) is 18.0 Å². The maximum atomic E-state index is 12.5. The van der Waals surface area contributed by atoms with Crippen LogP contribution in [0, 0.1) is 6.92 Å². The molecule has 7 heteroatoms. The predicted molar refractivity (Wildman–Crippen MR) is 112 cm³/mol. The SMILES string of the molecule is Cc1nc2cc(C(=O)NCCSc3nccn3C)ccc2n1-c1ccccc1. The number of rotatable bonds is 6. The van der Waals surface area contributed by atoms with Crippen molar-refractivity contribution in [1.29, 1.82) is 0 Å². The minimum absolute atomic E-state index is 0.0887. The maximum Gasteiger partial charge on any atom is 0.251 e. The van der Waals surface area contributed by atoms with Crippen LogP contribution >= 0.6 is 11.8 Å². The van der Waals surface area contributed by atoms with Crippen LogP contribution in [0.4, 0.5) is 0 Å². The molecule has 0 spiro atoms. The number of benzene rings is 2. The van der Waals surface area contributed by atoms with E-state index >= 15 is 0 Å². The Balaban J connectivity index is 1.46. The van der Waals surface area contributed by atoms with Crippen molar-refractivity contribution in [3.05, 3.63) is 72.3 Å². The van der Waals surface area contributed by atoms with Crippen molar-refractivity contribution in [3.63, 3.8) is 0 Å². The van der Waals surface area contributed by atoms with Crippen LogP contribution in [-0.4, -0.2) is 37.3 Å². The molecule has 4 rings (SSSR count). The average molecular weight is 392 g/mol. The number of nitrogens with zero attached hydrogens (tertiary/aromatic N) is 4. The van der Waals surface area contributed by atoms with Gasteiger partial charge in [-0.05, 0) is 37.3 Å². The molecule has 6 nitrogen and oxygen atoms in total. The van der Waals surface area contributed by atoms with Gasteiger partial charge in [-0.25, -0.2) is 9.97 Å². The lowest BCUT2D eigenvalue weighted by molar-refractivity contribution is 0.0956. The van der Waals surface area contributed by atoms with Gasteiger partial charge in [0.1, 0.15) is 5.82 Å². The van der Waals surface area contributed by atoms with Crippen molar-refractivity contribution in [2.24, 2.45) is 7.05 Å². The minimum Gasteiger partial charge on any atom is -0.351 e. The number of carbonyl (C=O) groups is 1. The van der Waals surface area contributed by atoms with Crippen LogP contribution in [0.2, 0.25) is 0 Å². The van der Waals surface area contributed by atoms with Gasteiger partial charge in [0.2, 0.25) is 0 Å². The van der Waals surface area contributed by atoms with Gasteiger partial charge in [0.15, 0.2) is 5.16 Å². The van der Waals surface area contributed by atoms with Gasteiger partial charge in [-0.2, -0.15) is 0 Å². The molecule has 0 radical (unpaired) electrons. The van der Waals surface area contributed by atoms with Crippen LogP contribution in [-0.2, 0) is 7.05 Å². The highest BCUT2D eigenvalue weighted by atomic mass is 32.2. The Morgan fingerprint density at radius 3 is 2.75 bits per heavy atom. The van der Waals surface area contributed by atoms with Crippen molar-refractivity contribution in [2.75, 3.05) is 12.3 Å². The molecule has 1 amide bonds. The fourth-order valence-electron chi connectivity index (χ4n) is 3.14. The topological polar surface area (TPSA) is 64.7 Å². The lowest BCUT2D eigenvalue weighted by Gasteiger charge is -2.07. The molecule has 0 atom stereocenters. The third-order valence-corrected chi connectivity index (χ3v) is 5.55. The van der Waals surface area contributed by atoms with E-state index in [9.17, 15) is 4.79 Å². The molecule has 0 aliphatic carbocycles. The summed E-state index contributed by atoms with van der Waals surface area (Å²) in [6.45, 7) is 2.55. The van der Waals surface area contributed by atoms with Gasteiger partial charge in [-0.1, -0.05) is 30.0 Å². The Morgan fingerprint density at radius 2 is 2.00 bits per heavy atom. The molecule has 0 bridgehead atoms. The Labute approximate surface area is 167 Å². The van der Waals surface area contributed by atoms with E-state index < -0.39 is 0 Å². The second-order valence-corrected chi connectivity index (χ2v) is 7.52. The number of imidazole rings is 2. The fraction of sp³-hybridized carbons (Fsp3) is 0.190. The number of hydrogen-bond donors (Lipinski definition) is 1. The Kier molecular flexibility index (Phi) is 5.16. The quantitative estimate of drug-likeness (QED) is 0.403. The number of fused-ring (bicyclic) bond motifs is 1. The molecule has 0 unspecified atom stereocenters. The molecule has 28 heavy (non-hydrogen) atoms. The maximum absolute atomic E-state index is 12.5. The molecule has 0 saturated heterocycles. The molecular weight excluding hydrogens is 370 g/mol. The number of thioether (sulfide) groups is 1. The van der Waals surface area contributed by atoms with Crippen LogP contribution in [0.1, 0.15) is 16.2 Å². The first-order valence-electron chi connectivity index (χ1n) is 9.06. The summed E-state index contributed by atoms with van der Waals surface area (Å²) in [4.78, 5) is 21.4. The third kappa shape index (κ3) is 3.66. The molecule has 2 aromatic heterocycles. The summed E-state index contributed by atoms with van der Waals surface area (Å²) in [5, 5.41) is 3.91. The van der Waals surface area contributed by atoms with Crippen LogP contribution < -0.4 is 5.32 Å². The molecule has 1 N–H and O–H groups in total. The van der Waals surface area contributed by atoms with Crippen LogP contribution in [0.25, 0.3) is 16.7 Å². The van der Waals surface area contributed by atoms with Gasteiger partial charge in [0.05, 0.1) is 11.0 Å². The molecule has 142 valence electrons. The van der Waals surface area contributed by atoms with Gasteiger partial charge in [0, 0.05) is 43.0 Å². The van der Waals surface area contributed by atoms with Crippen molar-refractivity contribution in [3.8, 4) is 5.69 Å². The summed E-state index contributed by atoms with van der Waals surface area (Å²) in [6.07, 6.45) is 3.68. The second kappa shape index (κ2) is 7.90. The third-order valence-electron chi connectivity index (χ3n) is 4.49. The van der Waals surface area contributed by atoms with Crippen LogP contribution in [0.5, 0.6) is 0 Å². The summed E-state index contributed by atoms with van der Waals surface area (Å²) in [7, 11) is 1.96. The standard InChI is InChI=1S/C21H21N5OS/c1-15-24-18-14-16(8-9-19(18)26(15)17-6-4-3-5-7-17)20(27)22-11-13-28-21-23-10-12-25(21)2/h3-10,12,14H,11,13H2,1-2H3,(H,22,27). The molecule has 4 aromatic rings. The number of nitrogens with one attached hydrogen (secondary N) is 1. The fourth-order valence-corrected chi connectivity index (χ4v) is 3.93. The highest BCUT2D eigenvalue weighted by Gasteiger charge is 2.12. The number of aryl methyl sites for hydroxylation is 2. The largest absolute Gasteiger partial charge is 0.351 e. The number of amides is 1. The van der Waals surface area contributed by atoms with Crippen LogP contribution in [0.3, 0.4) is 0 Å². The predicted octanol–water partition coefficient (Wildman–Crippen LogP) is 3.59. The summed E-state index contributed by atoms with van der Waals surface area (Å²) >= 11 is 1.62. The first-order chi connectivity index (χ1) is 13.6. The number of aromatic nitrogens is 4. The summed E-state index contributed by atoms with van der Waals surface area (Å²) in [6, 6.07) is 15.8. The van der Waals surface area contributed by atoms with Crippen molar-refractivity contribution < 1.29 is 4.79 Å². The molecule has 0 fully saturated rings. The van der Waals surface area contributed by atoms with E-state index in [-0.39, 0.29) is 5.91 Å². The number of hydrogen-bond acceptors (Lipinski definition) is 4. The normalized spacial score (nSPS) is 11.1. The van der Waals surface area contributed by atoms with E-state index in [0.29, 0.717) is 12.1 Å². The summed E-state index contributed by atoms with van der Waals surface area (Å²) < 4.78 is 4.06. The van der Waals surface area contributed by atoms with E-state index in [1.807, 2.05) is 73.3 Å². The summed E-state index contributed by atoms with van der Waals surface area (Å²) in [5.41, 5.74) is 3.49. The smallest absolute Gasteiger partial charge is 0.251 e. The number of para-hydroxylation sites is 1. The minimum atomic E-state index is -0.0887. The lowest BCUT2D eigenvalue weighted by atomic mass is 10.2. The Morgan fingerprint density at radius 1 is 1.18 bits per heavy atom. The van der Waals surface area contributed by atoms with Crippen molar-refractivity contribution in [1.82, 2.24) is 24.4 Å². The molecule has 0 aliphatic rings. The zero-order valence-corrected chi connectivity index (χ0v) is 16.6. The highest BCUT2D eigenvalue weighted by Crippen LogP contribution is 2.22. The lowest BCUT2D eigenvalue weighted by Crippen LogP contribution is -2.25. The second-order valence-electron chi connectivity index (χ2n) is 6.46. The zero-order valence-electron chi connectivity index (χ0n) is 15.8. The monoisotopic (exact) mass is 391 g/mol. The number of carbonyl (C=O) groups excluding carboxylic acids is 1. The summed E-state index contributed by atoms with van der Waals surface area (Å²) in [5.74, 6) is 1.57. The van der Waals surface area contributed by atoms with Crippen LogP contribution in [0.15, 0.2) is 66.1 Å². The Hall–Kier alpha value is -3.06. The van der Waals surface area contributed by atoms with E-state index in [4.69, 9.17) is 0 Å². The van der Waals surface area contributed by atoms with Gasteiger partial charge in [-0.15, -0.1) is 0 Å². The van der Waals surface area contributed by atoms with Crippen molar-refractivity contribution >= 4 is 28.7 Å². The Bertz CT molecular complexity index is 1120. The van der Waals surface area contributed by atoms with E-state index in [1.165, 1.54) is 0 Å². The van der Waals surface area contributed by atoms with Gasteiger partial charge >= 0.3 is 0 Å². The van der Waals surface area contributed by atoms with E-state index in [0.717, 1.165) is 33.5 Å². The average Bonchev–Trinajstić information content (AvgIpc) is 3.26. The van der Waals surface area contributed by atoms with E-state index in [2.05, 4.69) is 19.9 Å².